The first-order chi connectivity index (χ1) is 62.7. The molecule has 132 heavy (non-hydrogen) atoms. The van der Waals surface area contributed by atoms with Gasteiger partial charge in [0.25, 0.3) is 23.6 Å². The van der Waals surface area contributed by atoms with Crippen LogP contribution < -0.4 is 60.6 Å². The number of aromatic nitrogens is 4. The van der Waals surface area contributed by atoms with Crippen molar-refractivity contribution in [1.82, 2.24) is 29.7 Å². The van der Waals surface area contributed by atoms with Gasteiger partial charge in [0.2, 0.25) is 35.3 Å². The predicted octanol–water partition coefficient (Wildman–Crippen LogP) is 11.9. The number of hydrogen-bond acceptors (Lipinski definition) is 23. The number of nitrogens with one attached hydrogen (secondary N) is 6. The van der Waals surface area contributed by atoms with Gasteiger partial charge in [0.1, 0.15) is 11.6 Å². The molecule has 6 aromatic carbocycles. The molecule has 8 amide bonds. The Kier molecular flexibility index (Phi) is 37.8. The summed E-state index contributed by atoms with van der Waals surface area (Å²) in [5.74, 6) is -4.04. The second-order valence-corrected chi connectivity index (χ2v) is 41.7. The number of aliphatic imine (C=N–C) groups is 2. The number of amides is 8. The predicted molar refractivity (Wildman–Crippen MR) is 499 cm³/mol. The van der Waals surface area contributed by atoms with E-state index in [-0.39, 0.29) is 171 Å². The van der Waals surface area contributed by atoms with Crippen molar-refractivity contribution in [3.05, 3.63) is 179 Å². The quantitative estimate of drug-likeness (QED) is 0.0106. The number of benzene rings is 6. The van der Waals surface area contributed by atoms with Gasteiger partial charge in [-0.15, -0.1) is 0 Å². The van der Waals surface area contributed by atoms with Gasteiger partial charge < -0.3 is 75.3 Å². The molecule has 0 fully saturated rings. The number of para-hydroxylation sites is 2. The monoisotopic (exact) mass is 1920 g/mol. The minimum absolute atomic E-state index is 0. The number of nitrogens with zero attached hydrogens (tertiary/aromatic N) is 8. The van der Waals surface area contributed by atoms with Crippen molar-refractivity contribution in [3.8, 4) is 23.0 Å². The number of carboxylic acids is 1. The molecule has 35 nitrogen and oxygen atoms in total. The first-order valence-electron chi connectivity index (χ1n) is 43.5. The van der Waals surface area contributed by atoms with E-state index in [2.05, 4.69) is 71.4 Å². The molecule has 2 aromatic heterocycles. The first-order valence-corrected chi connectivity index (χ1v) is 52.1. The third-order valence-electron chi connectivity index (χ3n) is 21.8. The number of aryl methyl sites for hydroxylation is 2. The SMILES string of the molecule is COC(=O)CCCCC(=O)C[C@@H](C)C(=O)N[C@@H](C)C(=O)Cc1ccc(NC(=O)c2nc(NC(=O)CCCOc3cc4c(cc3OC)C(=O)N3c5ccccc5C[C@H]3C=N4)cn2C)cc1.COc1cc2c(cc1OCCCC(=O)Nc1cn(C)c(C(=O)Nc3ccc(CC(=O)[C@H](C)NC(=O)[C@H](C)CC(=O)CCCCC(=O)O)cc3)n1)N=C[C@@H]1Cc3ccccc3N1C2=O.O.[CH3][Sn]([CH3])[CH3]. The fraction of sp³-hybridized carbons (Fsp3) is 0.396. The van der Waals surface area contributed by atoms with Crippen LogP contribution in [0.1, 0.15) is 182 Å². The number of unbranched alkanes of at least 4 members (excludes halogenated alkanes) is 2. The van der Waals surface area contributed by atoms with Gasteiger partial charge in [-0.2, -0.15) is 0 Å². The molecule has 6 atom stereocenters. The first kappa shape index (κ1) is 102. The van der Waals surface area contributed by atoms with Gasteiger partial charge in [-0.05, 0) is 123 Å². The molecule has 1 radical (unpaired) electrons. The van der Waals surface area contributed by atoms with Crippen molar-refractivity contribution in [2.24, 2.45) is 35.9 Å². The number of hydrogen-bond donors (Lipinski definition) is 7. The molecule has 0 saturated carbocycles. The van der Waals surface area contributed by atoms with E-state index in [9.17, 15) is 67.1 Å². The van der Waals surface area contributed by atoms with Gasteiger partial charge in [-0.25, -0.2) is 9.97 Å². The fourth-order valence-electron chi connectivity index (χ4n) is 14.8. The van der Waals surface area contributed by atoms with Crippen LogP contribution in [0, 0.1) is 11.8 Å². The Hall–Kier alpha value is -13.6. The summed E-state index contributed by atoms with van der Waals surface area (Å²) in [6.07, 6.45) is 11.5. The van der Waals surface area contributed by atoms with Crippen molar-refractivity contribution in [1.29, 1.82) is 0 Å². The Morgan fingerprint density at radius 2 is 0.864 bits per heavy atom. The van der Waals surface area contributed by atoms with Crippen molar-refractivity contribution in [2.75, 3.05) is 65.6 Å². The molecule has 0 spiro atoms. The second kappa shape index (κ2) is 48.9. The van der Waals surface area contributed by atoms with Crippen molar-refractivity contribution in [2.45, 2.75) is 182 Å². The normalized spacial score (nSPS) is 14.3. The van der Waals surface area contributed by atoms with Gasteiger partial charge in [-0.3, -0.25) is 86.9 Å². The molecule has 699 valence electrons. The number of carboxylic acid groups (broad SMARTS) is 1. The summed E-state index contributed by atoms with van der Waals surface area (Å²) in [5.41, 5.74) is 7.89. The Balaban J connectivity index is 0.000000283. The van der Waals surface area contributed by atoms with E-state index in [4.69, 9.17) is 24.1 Å². The number of carbonyl (C=O) groups is 14. The Labute approximate surface area is 772 Å². The Morgan fingerprint density at radius 1 is 0.485 bits per heavy atom. The number of ether oxygens (including phenoxy) is 5. The van der Waals surface area contributed by atoms with E-state index in [1.54, 1.807) is 137 Å². The molecular weight excluding hydrogens is 1800 g/mol. The van der Waals surface area contributed by atoms with Crippen LogP contribution in [-0.2, 0) is 92.5 Å². The number of fused-ring (bicyclic) bond motifs is 8. The van der Waals surface area contributed by atoms with E-state index in [0.717, 1.165) is 22.5 Å². The summed E-state index contributed by atoms with van der Waals surface area (Å²) in [5, 5.41) is 25.0. The summed E-state index contributed by atoms with van der Waals surface area (Å²) in [6.45, 7) is 6.75. The summed E-state index contributed by atoms with van der Waals surface area (Å²) < 4.78 is 30.7. The van der Waals surface area contributed by atoms with Crippen LogP contribution in [0.25, 0.3) is 0 Å². The van der Waals surface area contributed by atoms with Crippen molar-refractivity contribution >= 4 is 160 Å². The van der Waals surface area contributed by atoms with Crippen LogP contribution in [0.5, 0.6) is 23.0 Å². The number of aliphatic carboxylic acids is 1. The molecule has 6 heterocycles. The number of rotatable bonds is 42. The van der Waals surface area contributed by atoms with Crippen LogP contribution in [0.15, 0.2) is 144 Å². The average Bonchev–Trinajstić information content (AvgIpc) is 1.60. The third kappa shape index (κ3) is 28.7. The van der Waals surface area contributed by atoms with Crippen LogP contribution in [-0.4, -0.2) is 203 Å². The summed E-state index contributed by atoms with van der Waals surface area (Å²) in [7, 11) is 7.55. The molecule has 12 rings (SSSR count). The maximum absolute atomic E-state index is 13.7. The molecule has 4 aliphatic rings. The van der Waals surface area contributed by atoms with Crippen LogP contribution in [0.3, 0.4) is 0 Å². The van der Waals surface area contributed by atoms with Crippen LogP contribution in [0.2, 0.25) is 14.8 Å². The molecule has 0 unspecified atom stereocenters. The zero-order valence-electron chi connectivity index (χ0n) is 76.2. The molecule has 0 aliphatic carbocycles. The van der Waals surface area contributed by atoms with Gasteiger partial charge in [-0.1, -0.05) is 74.5 Å². The number of Topliss-reactive ketones (excluding diaryl/α,β-unsaturated/α-hetero) is 4. The zero-order valence-corrected chi connectivity index (χ0v) is 79.1. The molecule has 4 aliphatic heterocycles. The number of ketones is 4. The van der Waals surface area contributed by atoms with E-state index < -0.39 is 73.3 Å². The Morgan fingerprint density at radius 3 is 1.24 bits per heavy atom. The van der Waals surface area contributed by atoms with Gasteiger partial charge >= 0.3 is 46.5 Å². The van der Waals surface area contributed by atoms with E-state index >= 15 is 0 Å². The molecular formula is C96H115N14O21Sn. The Bertz CT molecular complexity index is 5610. The van der Waals surface area contributed by atoms with Gasteiger partial charge in [0, 0.05) is 163 Å². The average molecular weight is 1920 g/mol. The molecule has 9 N–H and O–H groups in total. The summed E-state index contributed by atoms with van der Waals surface area (Å²) in [4.78, 5) is 205. The standard InChI is InChI=1S/C47H53N7O10.C46H51N7O10.3CH3.H2O.Sn/c1-28(21-34(55)12-7-9-15-43(58)63-5)45(59)49-29(2)38(56)22-30-16-18-32(19-17-30)50-46(60)44-52-41(27-53(44)3)51-42(57)14-10-20-64-40-25-36-35(24-39(40)62-4)47(61)54-33(26-48-36)23-31-11-6-8-13-37(31)54;1-27(20-33(54)11-6-8-14-42(57)58)44(59)48-28(2)37(55)21-29-15-17-31(18-16-29)49-45(60)43-51-40(26-52(43)3)50-41(56)13-9-19-63-39-24-35-34(23-38(39)62-4)46(61)53-32(25-47-35)22-30-10-5-7-12-36(30)53;;;;;/h6,8,11,13,16-19,24-29,33H,7,9-10,12,14-15,20-23H2,1-5H3,(H,49,59)(H,50,60)(H,51,57);5,7,10,12,15-18,23-28,32H,6,8-9,11,13-14,19-22H2,1-4H3,(H,48,59)(H,49,60)(H,50,56)(H,57,58);3*1H3;1H2;/t28-,29+,33+;27-,28+,32+;;;;;/m11...../s1. The molecule has 36 heteroatoms. The topological polar surface area (TPSA) is 476 Å². The minimum atomic E-state index is -0.917. The van der Waals surface area contributed by atoms with Crippen molar-refractivity contribution < 1.29 is 101 Å². The van der Waals surface area contributed by atoms with Gasteiger partial charge in [0.05, 0.1) is 81.2 Å². The van der Waals surface area contributed by atoms with Crippen LogP contribution >= 0.6 is 0 Å². The van der Waals surface area contributed by atoms with Crippen LogP contribution in [0.4, 0.5) is 45.8 Å². The third-order valence-corrected chi connectivity index (χ3v) is 21.8. The summed E-state index contributed by atoms with van der Waals surface area (Å²) >= 11 is -0.543. The second-order valence-electron chi connectivity index (χ2n) is 33.1. The van der Waals surface area contributed by atoms with E-state index in [1.807, 2.05) is 48.5 Å². The van der Waals surface area contributed by atoms with E-state index in [0.29, 0.717) is 119 Å². The number of carbonyl (C=O) groups excluding carboxylic acids is 13. The number of esters is 1. The molecule has 8 aromatic rings. The number of methoxy groups -OCH3 is 3. The van der Waals surface area contributed by atoms with E-state index in [1.165, 1.54) is 42.9 Å². The fourth-order valence-corrected chi connectivity index (χ4v) is 14.8. The number of anilines is 6. The van der Waals surface area contributed by atoms with Gasteiger partial charge in [0.15, 0.2) is 46.2 Å². The molecule has 0 saturated heterocycles. The summed E-state index contributed by atoms with van der Waals surface area (Å²) in [6, 6.07) is 33.6. The maximum atomic E-state index is 13.7. The van der Waals surface area contributed by atoms with Crippen molar-refractivity contribution in [3.63, 3.8) is 0 Å². The zero-order chi connectivity index (χ0) is 94.7. The molecule has 0 bridgehead atoms. The number of imidazole rings is 2.